The number of anilines is 1. The fourth-order valence-electron chi connectivity index (χ4n) is 4.44. The van der Waals surface area contributed by atoms with Gasteiger partial charge in [-0.1, -0.05) is 0 Å². The zero-order valence-electron chi connectivity index (χ0n) is 19.6. The standard InChI is InChI=1S/C25H20N10OS/c1-12(36)19-4-5-20(37-19)14-6-27-8-18-22(14)32-25(31-18)24-23-16(33-34-24)3-2-15(30-23)17-7-28-9-21(29-17)35-10-13(26)11-35/h2-9,13H,10-11,26H2,1H3,(H,31,32)(H,33,34). The molecule has 1 aliphatic rings. The topological polar surface area (TPSA) is 155 Å². The van der Waals surface area contributed by atoms with Crippen molar-refractivity contribution in [2.75, 3.05) is 18.0 Å². The number of nitrogens with zero attached hydrogens (tertiary/aromatic N) is 7. The molecule has 4 N–H and O–H groups in total. The molecule has 1 fully saturated rings. The van der Waals surface area contributed by atoms with Gasteiger partial charge in [0, 0.05) is 35.8 Å². The molecule has 1 saturated heterocycles. The van der Waals surface area contributed by atoms with Gasteiger partial charge in [0.05, 0.1) is 40.2 Å². The number of thiophene rings is 1. The minimum Gasteiger partial charge on any atom is -0.352 e. The van der Waals surface area contributed by atoms with Gasteiger partial charge in [-0.25, -0.2) is 15.0 Å². The number of nitrogens with one attached hydrogen (secondary N) is 2. The Morgan fingerprint density at radius 3 is 2.65 bits per heavy atom. The lowest BCUT2D eigenvalue weighted by molar-refractivity contribution is 0.102. The molecule has 0 atom stereocenters. The Labute approximate surface area is 213 Å². The molecule has 37 heavy (non-hydrogen) atoms. The van der Waals surface area contributed by atoms with Crippen LogP contribution in [0.3, 0.4) is 0 Å². The summed E-state index contributed by atoms with van der Waals surface area (Å²) in [5, 5.41) is 7.54. The van der Waals surface area contributed by atoms with E-state index in [0.717, 1.165) is 45.9 Å². The van der Waals surface area contributed by atoms with Crippen LogP contribution in [-0.2, 0) is 0 Å². The van der Waals surface area contributed by atoms with Gasteiger partial charge in [0.2, 0.25) is 0 Å². The molecule has 0 unspecified atom stereocenters. The molecular formula is C25H20N10OS. The van der Waals surface area contributed by atoms with E-state index < -0.39 is 0 Å². The predicted molar refractivity (Wildman–Crippen MR) is 141 cm³/mol. The summed E-state index contributed by atoms with van der Waals surface area (Å²) in [4.78, 5) is 42.0. The van der Waals surface area contributed by atoms with Crippen molar-refractivity contribution in [2.45, 2.75) is 13.0 Å². The lowest BCUT2D eigenvalue weighted by atomic mass is 10.1. The first-order chi connectivity index (χ1) is 18.0. The maximum Gasteiger partial charge on any atom is 0.169 e. The van der Waals surface area contributed by atoms with Crippen molar-refractivity contribution in [3.63, 3.8) is 0 Å². The predicted octanol–water partition coefficient (Wildman–Crippen LogP) is 3.43. The van der Waals surface area contributed by atoms with Crippen LogP contribution in [0, 0.1) is 0 Å². The van der Waals surface area contributed by atoms with Crippen LogP contribution in [0.2, 0.25) is 0 Å². The number of hydrogen-bond donors (Lipinski definition) is 3. The number of rotatable bonds is 5. The summed E-state index contributed by atoms with van der Waals surface area (Å²) in [5.41, 5.74) is 11.7. The molecule has 0 aliphatic carbocycles. The van der Waals surface area contributed by atoms with Crippen LogP contribution in [0.4, 0.5) is 5.82 Å². The van der Waals surface area contributed by atoms with E-state index in [-0.39, 0.29) is 11.8 Å². The maximum atomic E-state index is 11.8. The first-order valence-corrected chi connectivity index (χ1v) is 12.5. The van der Waals surface area contributed by atoms with Crippen molar-refractivity contribution in [1.29, 1.82) is 0 Å². The van der Waals surface area contributed by atoms with Crippen LogP contribution in [0.15, 0.2) is 49.1 Å². The lowest BCUT2D eigenvalue weighted by Gasteiger charge is -2.37. The summed E-state index contributed by atoms with van der Waals surface area (Å²) in [5.74, 6) is 1.39. The Morgan fingerprint density at radius 1 is 0.973 bits per heavy atom. The van der Waals surface area contributed by atoms with E-state index in [1.165, 1.54) is 11.3 Å². The fraction of sp³-hybridized carbons (Fsp3) is 0.160. The molecule has 7 rings (SSSR count). The lowest BCUT2D eigenvalue weighted by Crippen LogP contribution is -2.56. The normalized spacial score (nSPS) is 13.9. The van der Waals surface area contributed by atoms with E-state index in [2.05, 4.69) is 30.0 Å². The van der Waals surface area contributed by atoms with Crippen LogP contribution < -0.4 is 10.6 Å². The van der Waals surface area contributed by atoms with E-state index in [9.17, 15) is 4.79 Å². The third-order valence-corrected chi connectivity index (χ3v) is 7.58. The third-order valence-electron chi connectivity index (χ3n) is 6.36. The number of aromatic nitrogens is 8. The molecule has 0 aromatic carbocycles. The highest BCUT2D eigenvalue weighted by Gasteiger charge is 2.25. The second-order valence-corrected chi connectivity index (χ2v) is 10.1. The summed E-state index contributed by atoms with van der Waals surface area (Å²) in [6, 6.07) is 7.74. The Balaban J connectivity index is 1.29. The van der Waals surface area contributed by atoms with Crippen molar-refractivity contribution in [3.05, 3.63) is 53.9 Å². The fourth-order valence-corrected chi connectivity index (χ4v) is 5.35. The number of hydrogen-bond acceptors (Lipinski definition) is 10. The van der Waals surface area contributed by atoms with Crippen molar-refractivity contribution >= 4 is 45.0 Å². The number of carbonyl (C=O) groups excluding carboxylic acids is 1. The molecule has 0 bridgehead atoms. The number of Topliss-reactive ketones (excluding diaryl/α,β-unsaturated/α-hetero) is 1. The van der Waals surface area contributed by atoms with E-state index >= 15 is 0 Å². The molecule has 11 nitrogen and oxygen atoms in total. The van der Waals surface area contributed by atoms with Crippen LogP contribution in [0.25, 0.3) is 55.4 Å². The number of H-pyrrole nitrogens is 2. The van der Waals surface area contributed by atoms with Gasteiger partial charge >= 0.3 is 0 Å². The van der Waals surface area contributed by atoms with Crippen LogP contribution in [0.1, 0.15) is 16.6 Å². The average Bonchev–Trinajstić information content (AvgIpc) is 3.64. The number of nitrogens with two attached hydrogens (primary N) is 1. The number of fused-ring (bicyclic) bond motifs is 2. The quantitative estimate of drug-likeness (QED) is 0.297. The molecule has 12 heteroatoms. The van der Waals surface area contributed by atoms with Crippen molar-refractivity contribution in [3.8, 4) is 33.3 Å². The highest BCUT2D eigenvalue weighted by molar-refractivity contribution is 7.17. The van der Waals surface area contributed by atoms with Gasteiger partial charge in [-0.2, -0.15) is 5.10 Å². The van der Waals surface area contributed by atoms with Crippen molar-refractivity contribution in [2.24, 2.45) is 5.73 Å². The molecule has 0 amide bonds. The molecule has 182 valence electrons. The highest BCUT2D eigenvalue weighted by atomic mass is 32.1. The second kappa shape index (κ2) is 8.25. The van der Waals surface area contributed by atoms with Gasteiger partial charge in [-0.3, -0.25) is 19.9 Å². The molecule has 7 heterocycles. The Kier molecular flexibility index (Phi) is 4.84. The summed E-state index contributed by atoms with van der Waals surface area (Å²) < 4.78 is 0. The number of aromatic amines is 2. The molecule has 0 saturated carbocycles. The van der Waals surface area contributed by atoms with Crippen molar-refractivity contribution in [1.82, 2.24) is 40.1 Å². The Bertz CT molecular complexity index is 1810. The Morgan fingerprint density at radius 2 is 1.84 bits per heavy atom. The van der Waals surface area contributed by atoms with Gasteiger partial charge in [0.1, 0.15) is 22.5 Å². The zero-order chi connectivity index (χ0) is 25.1. The maximum absolute atomic E-state index is 11.8. The van der Waals surface area contributed by atoms with Gasteiger partial charge < -0.3 is 15.6 Å². The van der Waals surface area contributed by atoms with E-state index in [0.29, 0.717) is 33.3 Å². The van der Waals surface area contributed by atoms with E-state index in [4.69, 9.17) is 20.7 Å². The molecule has 6 aromatic heterocycles. The monoisotopic (exact) mass is 508 g/mol. The Hall–Kier alpha value is -4.55. The molecule has 0 spiro atoms. The molecule has 6 aromatic rings. The smallest absolute Gasteiger partial charge is 0.169 e. The van der Waals surface area contributed by atoms with Gasteiger partial charge in [0.15, 0.2) is 17.3 Å². The minimum atomic E-state index is 0.0349. The van der Waals surface area contributed by atoms with Crippen LogP contribution in [-0.4, -0.2) is 65.0 Å². The van der Waals surface area contributed by atoms with Crippen molar-refractivity contribution < 1.29 is 4.79 Å². The number of pyridine rings is 2. The third kappa shape index (κ3) is 3.65. The van der Waals surface area contributed by atoms with Gasteiger partial charge in [-0.15, -0.1) is 11.3 Å². The number of carbonyl (C=O) groups is 1. The SMILES string of the molecule is CC(=O)c1ccc(-c2cncc3[nH]c(-c4n[nH]c5ccc(-c6cncc(N7CC(N)C7)n6)nc45)nc23)s1. The van der Waals surface area contributed by atoms with Gasteiger partial charge in [-0.05, 0) is 31.2 Å². The van der Waals surface area contributed by atoms with Gasteiger partial charge in [0.25, 0.3) is 0 Å². The van der Waals surface area contributed by atoms with E-state index in [1.54, 1.807) is 31.7 Å². The highest BCUT2D eigenvalue weighted by Crippen LogP contribution is 2.34. The summed E-state index contributed by atoms with van der Waals surface area (Å²) in [7, 11) is 0. The second-order valence-electron chi connectivity index (χ2n) is 8.98. The largest absolute Gasteiger partial charge is 0.352 e. The average molecular weight is 509 g/mol. The van der Waals surface area contributed by atoms with E-state index in [1.807, 2.05) is 24.3 Å². The molecular weight excluding hydrogens is 488 g/mol. The molecule has 0 radical (unpaired) electrons. The minimum absolute atomic E-state index is 0.0349. The van der Waals surface area contributed by atoms with Crippen LogP contribution >= 0.6 is 11.3 Å². The van der Waals surface area contributed by atoms with Crippen LogP contribution in [0.5, 0.6) is 0 Å². The summed E-state index contributed by atoms with van der Waals surface area (Å²) in [6.45, 7) is 3.09. The first kappa shape index (κ1) is 21.7. The zero-order valence-corrected chi connectivity index (χ0v) is 20.5. The first-order valence-electron chi connectivity index (χ1n) is 11.7. The summed E-state index contributed by atoms with van der Waals surface area (Å²) >= 11 is 1.43. The number of ketones is 1. The molecule has 1 aliphatic heterocycles. The summed E-state index contributed by atoms with van der Waals surface area (Å²) in [6.07, 6.45) is 6.93. The number of imidazole rings is 1.